The van der Waals surface area contributed by atoms with E-state index < -0.39 is 47.6 Å². The molecule has 0 heterocycles. The van der Waals surface area contributed by atoms with Crippen LogP contribution < -0.4 is 10.6 Å². The molecule has 0 spiro atoms. The Hall–Kier alpha value is -3.22. The minimum absolute atomic E-state index is 0.195. The number of non-ortho nitro benzene ring substituents is 3. The Labute approximate surface area is 182 Å². The van der Waals surface area contributed by atoms with E-state index in [-0.39, 0.29) is 11.4 Å². The number of carbonyl (C=O) groups is 1. The van der Waals surface area contributed by atoms with Crippen molar-refractivity contribution in [2.24, 2.45) is 0 Å². The molecule has 158 valence electrons. The van der Waals surface area contributed by atoms with E-state index in [1.165, 1.54) is 24.3 Å². The summed E-state index contributed by atoms with van der Waals surface area (Å²) in [5.41, 5.74) is -1.73. The van der Waals surface area contributed by atoms with Crippen LogP contribution in [0.15, 0.2) is 42.5 Å². The van der Waals surface area contributed by atoms with Crippen LogP contribution in [0.2, 0.25) is 0 Å². The Kier molecular flexibility index (Phi) is 6.97. The molecule has 0 aliphatic rings. The number of nitrogens with one attached hydrogen (secondary N) is 2. The highest BCUT2D eigenvalue weighted by molar-refractivity contribution is 6.68. The maximum absolute atomic E-state index is 12.5. The van der Waals surface area contributed by atoms with Crippen LogP contribution in [-0.2, 0) is 0 Å². The highest BCUT2D eigenvalue weighted by atomic mass is 35.6. The lowest BCUT2D eigenvalue weighted by molar-refractivity contribution is -0.394. The number of nitro groups is 3. The third-order valence-electron chi connectivity index (χ3n) is 3.58. The molecule has 0 saturated carbocycles. The molecule has 0 saturated heterocycles. The normalized spacial score (nSPS) is 12.0. The second kappa shape index (κ2) is 9.07. The number of nitro benzene ring substituents is 3. The van der Waals surface area contributed by atoms with Gasteiger partial charge in [0, 0.05) is 30.0 Å². The van der Waals surface area contributed by atoms with E-state index in [1.54, 1.807) is 0 Å². The summed E-state index contributed by atoms with van der Waals surface area (Å²) in [6.07, 6.45) is -1.41. The molecule has 1 atom stereocenters. The standard InChI is InChI=1S/C15H10Cl3N5O7/c16-15(17,18)14(19-9-1-3-10(4-2-9)21(25)26)20-13(24)8-5-11(22(27)28)7-12(6-8)23(29)30/h1-7,14,19H,(H,20,24)/t14-/m0/s1. The summed E-state index contributed by atoms with van der Waals surface area (Å²) in [7, 11) is 0. The zero-order valence-corrected chi connectivity index (χ0v) is 16.7. The third kappa shape index (κ3) is 5.89. The highest BCUT2D eigenvalue weighted by Gasteiger charge is 2.35. The number of carbonyl (C=O) groups excluding carboxylic acids is 1. The van der Waals surface area contributed by atoms with E-state index in [2.05, 4.69) is 10.6 Å². The Balaban J connectivity index is 2.30. The van der Waals surface area contributed by atoms with Gasteiger partial charge >= 0.3 is 0 Å². The van der Waals surface area contributed by atoms with Crippen molar-refractivity contribution >= 4 is 63.5 Å². The van der Waals surface area contributed by atoms with Gasteiger partial charge in [0.05, 0.1) is 26.4 Å². The van der Waals surface area contributed by atoms with Crippen molar-refractivity contribution in [1.82, 2.24) is 5.32 Å². The quantitative estimate of drug-likeness (QED) is 0.260. The molecule has 0 bridgehead atoms. The van der Waals surface area contributed by atoms with Gasteiger partial charge in [-0.25, -0.2) is 0 Å². The summed E-state index contributed by atoms with van der Waals surface area (Å²) in [6, 6.07) is 7.27. The van der Waals surface area contributed by atoms with Gasteiger partial charge in [-0.1, -0.05) is 34.8 Å². The van der Waals surface area contributed by atoms with Gasteiger partial charge in [-0.05, 0) is 12.1 Å². The van der Waals surface area contributed by atoms with Crippen LogP contribution in [0.4, 0.5) is 22.7 Å². The first-order chi connectivity index (χ1) is 13.9. The number of hydrogen-bond donors (Lipinski definition) is 2. The first-order valence-electron chi connectivity index (χ1n) is 7.71. The van der Waals surface area contributed by atoms with Gasteiger partial charge in [0.1, 0.15) is 6.17 Å². The van der Waals surface area contributed by atoms with Crippen LogP contribution in [0.5, 0.6) is 0 Å². The first kappa shape index (κ1) is 23.1. The second-order valence-corrected chi connectivity index (χ2v) is 8.02. The number of hydrogen-bond acceptors (Lipinski definition) is 8. The summed E-state index contributed by atoms with van der Waals surface area (Å²) in [6.45, 7) is 0. The summed E-state index contributed by atoms with van der Waals surface area (Å²) in [5.74, 6) is -1.01. The van der Waals surface area contributed by atoms with Gasteiger partial charge in [0.15, 0.2) is 0 Å². The molecule has 2 aromatic rings. The number of benzene rings is 2. The Bertz CT molecular complexity index is 978. The molecule has 2 N–H and O–H groups in total. The lowest BCUT2D eigenvalue weighted by Crippen LogP contribution is -2.49. The fraction of sp³-hybridized carbons (Fsp3) is 0.133. The Morgan fingerprint density at radius 2 is 1.30 bits per heavy atom. The number of halogens is 3. The van der Waals surface area contributed by atoms with Gasteiger partial charge in [0.25, 0.3) is 23.0 Å². The first-order valence-corrected chi connectivity index (χ1v) is 8.84. The Morgan fingerprint density at radius 3 is 1.70 bits per heavy atom. The number of amides is 1. The van der Waals surface area contributed by atoms with E-state index >= 15 is 0 Å². The number of alkyl halides is 3. The maximum Gasteiger partial charge on any atom is 0.277 e. The molecular weight excluding hydrogens is 469 g/mol. The van der Waals surface area contributed by atoms with Crippen molar-refractivity contribution in [3.63, 3.8) is 0 Å². The summed E-state index contributed by atoms with van der Waals surface area (Å²) < 4.78 is -2.13. The fourth-order valence-electron chi connectivity index (χ4n) is 2.20. The fourth-order valence-corrected chi connectivity index (χ4v) is 2.52. The van der Waals surface area contributed by atoms with E-state index in [0.717, 1.165) is 12.1 Å². The van der Waals surface area contributed by atoms with Crippen LogP contribution in [-0.4, -0.2) is 30.6 Å². The maximum atomic E-state index is 12.5. The predicted octanol–water partition coefficient (Wildman–Crippen LogP) is 3.95. The van der Waals surface area contributed by atoms with Crippen molar-refractivity contribution in [3.05, 3.63) is 78.4 Å². The number of nitrogens with zero attached hydrogens (tertiary/aromatic N) is 3. The molecule has 0 aliphatic heterocycles. The minimum atomic E-state index is -2.13. The lowest BCUT2D eigenvalue weighted by atomic mass is 10.1. The molecular formula is C15H10Cl3N5O7. The summed E-state index contributed by atoms with van der Waals surface area (Å²) in [5, 5.41) is 37.6. The molecule has 1 amide bonds. The topological polar surface area (TPSA) is 171 Å². The zero-order valence-electron chi connectivity index (χ0n) is 14.5. The van der Waals surface area contributed by atoms with Gasteiger partial charge < -0.3 is 10.6 Å². The van der Waals surface area contributed by atoms with Crippen molar-refractivity contribution < 1.29 is 19.6 Å². The average molecular weight is 479 g/mol. The molecule has 2 rings (SSSR count). The zero-order chi connectivity index (χ0) is 22.6. The van der Waals surface area contributed by atoms with Gasteiger partial charge in [-0.2, -0.15) is 0 Å². The van der Waals surface area contributed by atoms with Crippen molar-refractivity contribution in [1.29, 1.82) is 0 Å². The van der Waals surface area contributed by atoms with Crippen molar-refractivity contribution in [2.45, 2.75) is 9.96 Å². The van der Waals surface area contributed by atoms with E-state index in [0.29, 0.717) is 6.07 Å². The molecule has 15 heteroatoms. The second-order valence-electron chi connectivity index (χ2n) is 5.65. The van der Waals surface area contributed by atoms with Crippen molar-refractivity contribution in [2.75, 3.05) is 5.32 Å². The van der Waals surface area contributed by atoms with Crippen LogP contribution in [0, 0.1) is 30.3 Å². The number of anilines is 1. The molecule has 0 aromatic heterocycles. The molecule has 0 unspecified atom stereocenters. The average Bonchev–Trinajstić information content (AvgIpc) is 2.66. The van der Waals surface area contributed by atoms with Crippen LogP contribution >= 0.6 is 34.8 Å². The number of rotatable bonds is 7. The van der Waals surface area contributed by atoms with Gasteiger partial charge in [-0.3, -0.25) is 35.1 Å². The minimum Gasteiger partial charge on any atom is -0.362 e. The lowest BCUT2D eigenvalue weighted by Gasteiger charge is -2.27. The SMILES string of the molecule is O=C(N[C@H](Nc1ccc([N+](=O)[O-])cc1)C(Cl)(Cl)Cl)c1cc([N+](=O)[O-])cc([N+](=O)[O-])c1. The van der Waals surface area contributed by atoms with E-state index in [1.807, 2.05) is 0 Å². The van der Waals surface area contributed by atoms with Gasteiger partial charge in [-0.15, -0.1) is 0 Å². The molecule has 12 nitrogen and oxygen atoms in total. The molecule has 0 aliphatic carbocycles. The van der Waals surface area contributed by atoms with Gasteiger partial charge in [0.2, 0.25) is 3.79 Å². The molecule has 30 heavy (non-hydrogen) atoms. The van der Waals surface area contributed by atoms with Crippen LogP contribution in [0.3, 0.4) is 0 Å². The van der Waals surface area contributed by atoms with Crippen LogP contribution in [0.25, 0.3) is 0 Å². The largest absolute Gasteiger partial charge is 0.362 e. The Morgan fingerprint density at radius 1 is 0.833 bits per heavy atom. The third-order valence-corrected chi connectivity index (χ3v) is 4.23. The van der Waals surface area contributed by atoms with E-state index in [9.17, 15) is 35.1 Å². The predicted molar refractivity (Wildman–Crippen MR) is 108 cm³/mol. The van der Waals surface area contributed by atoms with Crippen molar-refractivity contribution in [3.8, 4) is 0 Å². The smallest absolute Gasteiger partial charge is 0.277 e. The molecule has 0 fully saturated rings. The highest BCUT2D eigenvalue weighted by Crippen LogP contribution is 2.32. The molecule has 2 aromatic carbocycles. The van der Waals surface area contributed by atoms with Crippen LogP contribution in [0.1, 0.15) is 10.4 Å². The summed E-state index contributed by atoms with van der Waals surface area (Å²) >= 11 is 17.6. The molecule has 0 radical (unpaired) electrons. The summed E-state index contributed by atoms with van der Waals surface area (Å²) in [4.78, 5) is 42.8. The monoisotopic (exact) mass is 477 g/mol. The van der Waals surface area contributed by atoms with E-state index in [4.69, 9.17) is 34.8 Å².